The molecule has 0 spiro atoms. The number of aryl methyl sites for hydroxylation is 2. The number of carbonyl (C=O) groups excluding carboxylic acids is 1. The summed E-state index contributed by atoms with van der Waals surface area (Å²) in [6.07, 6.45) is 1.37. The predicted octanol–water partition coefficient (Wildman–Crippen LogP) is 4.44. The molecule has 30 heavy (non-hydrogen) atoms. The number of methoxy groups -OCH3 is 1. The lowest BCUT2D eigenvalue weighted by molar-refractivity contribution is 0.203. The standard InChI is InChI=1S/C20H23N3O4S3/c1-4-15-18(14-8-6-5-7-9-14)21-20(29-15)22-19(24)23-30(25,26)17-12-13(2)16(28-17)10-11-27-3/h5-9,12H,4,10-11H2,1-3H3,(H2,21,22,23,24). The van der Waals surface area contributed by atoms with E-state index in [1.807, 2.05) is 44.2 Å². The maximum atomic E-state index is 12.6. The van der Waals surface area contributed by atoms with E-state index in [2.05, 4.69) is 15.0 Å². The Morgan fingerprint density at radius 3 is 2.57 bits per heavy atom. The van der Waals surface area contributed by atoms with Crippen LogP contribution in [-0.2, 0) is 27.6 Å². The van der Waals surface area contributed by atoms with Crippen molar-refractivity contribution in [3.8, 4) is 11.3 Å². The van der Waals surface area contributed by atoms with E-state index >= 15 is 0 Å². The summed E-state index contributed by atoms with van der Waals surface area (Å²) in [5.74, 6) is 0. The zero-order valence-electron chi connectivity index (χ0n) is 16.9. The van der Waals surface area contributed by atoms with Crippen molar-refractivity contribution in [3.05, 3.63) is 51.7 Å². The quantitative estimate of drug-likeness (QED) is 0.512. The van der Waals surface area contributed by atoms with Crippen LogP contribution in [0.5, 0.6) is 0 Å². The number of sulfonamides is 1. The van der Waals surface area contributed by atoms with E-state index in [9.17, 15) is 13.2 Å². The van der Waals surface area contributed by atoms with E-state index in [0.717, 1.165) is 44.3 Å². The summed E-state index contributed by atoms with van der Waals surface area (Å²) < 4.78 is 32.4. The minimum absolute atomic E-state index is 0.0969. The second-order valence-electron chi connectivity index (χ2n) is 6.48. The normalized spacial score (nSPS) is 11.4. The van der Waals surface area contributed by atoms with E-state index in [1.54, 1.807) is 13.2 Å². The molecule has 7 nitrogen and oxygen atoms in total. The highest BCUT2D eigenvalue weighted by molar-refractivity contribution is 7.92. The van der Waals surface area contributed by atoms with Crippen molar-refractivity contribution in [1.82, 2.24) is 9.71 Å². The zero-order valence-corrected chi connectivity index (χ0v) is 19.3. The van der Waals surface area contributed by atoms with Crippen molar-refractivity contribution in [2.45, 2.75) is 30.9 Å². The van der Waals surface area contributed by atoms with Crippen molar-refractivity contribution >= 4 is 43.9 Å². The highest BCUT2D eigenvalue weighted by Gasteiger charge is 2.22. The van der Waals surface area contributed by atoms with Crippen LogP contribution in [0.2, 0.25) is 0 Å². The number of urea groups is 1. The van der Waals surface area contributed by atoms with Crippen LogP contribution in [0.3, 0.4) is 0 Å². The molecule has 3 rings (SSSR count). The Hall–Kier alpha value is -2.27. The number of nitrogens with zero attached hydrogens (tertiary/aromatic N) is 1. The second-order valence-corrected chi connectivity index (χ2v) is 10.6. The van der Waals surface area contributed by atoms with Crippen LogP contribution in [0.15, 0.2) is 40.6 Å². The van der Waals surface area contributed by atoms with Crippen molar-refractivity contribution in [3.63, 3.8) is 0 Å². The predicted molar refractivity (Wildman–Crippen MR) is 121 cm³/mol. The lowest BCUT2D eigenvalue weighted by Gasteiger charge is -2.05. The molecule has 1 aromatic carbocycles. The van der Waals surface area contributed by atoms with Gasteiger partial charge >= 0.3 is 6.03 Å². The molecule has 160 valence electrons. The third-order valence-electron chi connectivity index (χ3n) is 4.31. The van der Waals surface area contributed by atoms with Gasteiger partial charge in [0.15, 0.2) is 5.13 Å². The fourth-order valence-corrected chi connectivity index (χ4v) is 6.22. The number of amides is 2. The summed E-state index contributed by atoms with van der Waals surface area (Å²) in [7, 11) is -2.38. The molecule has 0 bridgehead atoms. The SMILES string of the molecule is CCc1sc(NC(=O)NS(=O)(=O)c2cc(C)c(CCOC)s2)nc1-c1ccccc1. The Bertz CT molecular complexity index is 1120. The maximum Gasteiger partial charge on any atom is 0.334 e. The van der Waals surface area contributed by atoms with Gasteiger partial charge in [-0.25, -0.2) is 22.9 Å². The largest absolute Gasteiger partial charge is 0.384 e. The first-order valence-corrected chi connectivity index (χ1v) is 12.4. The third kappa shape index (κ3) is 5.25. The van der Waals surface area contributed by atoms with Gasteiger partial charge in [0, 0.05) is 28.8 Å². The summed E-state index contributed by atoms with van der Waals surface area (Å²) in [4.78, 5) is 18.8. The Labute approximate surface area is 184 Å². The van der Waals surface area contributed by atoms with Gasteiger partial charge in [0.05, 0.1) is 12.3 Å². The average molecular weight is 466 g/mol. The number of rotatable bonds is 8. The summed E-state index contributed by atoms with van der Waals surface area (Å²) in [6.45, 7) is 4.35. The molecule has 3 aromatic rings. The number of benzene rings is 1. The maximum absolute atomic E-state index is 12.6. The summed E-state index contributed by atoms with van der Waals surface area (Å²) in [5, 5.41) is 2.90. The van der Waals surface area contributed by atoms with E-state index in [4.69, 9.17) is 4.74 Å². The third-order valence-corrected chi connectivity index (χ3v) is 8.53. The van der Waals surface area contributed by atoms with Crippen LogP contribution in [0.1, 0.15) is 22.2 Å². The van der Waals surface area contributed by atoms with Gasteiger partial charge in [-0.05, 0) is 25.0 Å². The Morgan fingerprint density at radius 1 is 1.17 bits per heavy atom. The van der Waals surface area contributed by atoms with E-state index in [1.165, 1.54) is 11.3 Å². The van der Waals surface area contributed by atoms with Crippen molar-refractivity contribution in [1.29, 1.82) is 0 Å². The molecule has 0 aliphatic rings. The van der Waals surface area contributed by atoms with E-state index in [-0.39, 0.29) is 4.21 Å². The molecular weight excluding hydrogens is 442 g/mol. The van der Waals surface area contributed by atoms with Crippen molar-refractivity contribution in [2.75, 3.05) is 19.0 Å². The summed E-state index contributed by atoms with van der Waals surface area (Å²) >= 11 is 2.47. The number of anilines is 1. The molecule has 0 atom stereocenters. The number of thiophene rings is 1. The molecule has 2 heterocycles. The lowest BCUT2D eigenvalue weighted by atomic mass is 10.1. The van der Waals surface area contributed by atoms with Crippen molar-refractivity contribution < 1.29 is 17.9 Å². The second kappa shape index (κ2) is 9.69. The van der Waals surface area contributed by atoms with E-state index < -0.39 is 16.1 Å². The number of hydrogen-bond donors (Lipinski definition) is 2. The molecule has 0 saturated carbocycles. The highest BCUT2D eigenvalue weighted by Crippen LogP contribution is 2.31. The van der Waals surface area contributed by atoms with Crippen molar-refractivity contribution in [2.24, 2.45) is 0 Å². The van der Waals surface area contributed by atoms with Crippen LogP contribution in [0.25, 0.3) is 11.3 Å². The summed E-state index contributed by atoms with van der Waals surface area (Å²) in [5.41, 5.74) is 2.60. The van der Waals surface area contributed by atoms with Crippen LogP contribution in [-0.4, -0.2) is 33.1 Å². The van der Waals surface area contributed by atoms with Crippen LogP contribution in [0, 0.1) is 6.92 Å². The molecule has 2 amide bonds. The smallest absolute Gasteiger partial charge is 0.334 e. The zero-order chi connectivity index (χ0) is 21.7. The molecular formula is C20H23N3O4S3. The van der Waals surface area contributed by atoms with Crippen LogP contribution >= 0.6 is 22.7 Å². The molecule has 0 fully saturated rings. The van der Waals surface area contributed by atoms with Gasteiger partial charge in [-0.3, -0.25) is 5.32 Å². The number of hydrogen-bond acceptors (Lipinski definition) is 7. The molecule has 2 N–H and O–H groups in total. The number of thiazole rings is 1. The monoisotopic (exact) mass is 465 g/mol. The van der Waals surface area contributed by atoms with Gasteiger partial charge in [-0.2, -0.15) is 0 Å². The average Bonchev–Trinajstić information content (AvgIpc) is 3.30. The Balaban J connectivity index is 1.73. The minimum Gasteiger partial charge on any atom is -0.384 e. The lowest BCUT2D eigenvalue weighted by Crippen LogP contribution is -2.33. The number of nitrogens with one attached hydrogen (secondary N) is 2. The summed E-state index contributed by atoms with van der Waals surface area (Å²) in [6, 6.07) is 10.4. The van der Waals surface area contributed by atoms with Gasteiger partial charge < -0.3 is 4.74 Å². The first-order valence-electron chi connectivity index (χ1n) is 9.31. The molecule has 0 radical (unpaired) electrons. The van der Waals surface area contributed by atoms with Crippen LogP contribution < -0.4 is 10.0 Å². The van der Waals surface area contributed by atoms with Gasteiger partial charge in [0.2, 0.25) is 0 Å². The first kappa shape index (κ1) is 22.4. The first-order chi connectivity index (χ1) is 14.3. The van der Waals surface area contributed by atoms with Gasteiger partial charge in [-0.15, -0.1) is 22.7 Å². The molecule has 0 unspecified atom stereocenters. The molecule has 2 aromatic heterocycles. The highest BCUT2D eigenvalue weighted by atomic mass is 32.2. The molecule has 10 heteroatoms. The molecule has 0 aliphatic heterocycles. The molecule has 0 saturated heterocycles. The fraction of sp³-hybridized carbons (Fsp3) is 0.300. The van der Waals surface area contributed by atoms with Gasteiger partial charge in [0.1, 0.15) is 4.21 Å². The number of carbonyl (C=O) groups is 1. The number of aromatic nitrogens is 1. The Kier molecular flexibility index (Phi) is 7.24. The Morgan fingerprint density at radius 2 is 1.90 bits per heavy atom. The fourth-order valence-electron chi connectivity index (χ4n) is 2.83. The van der Waals surface area contributed by atoms with Crippen LogP contribution in [0.4, 0.5) is 9.93 Å². The topological polar surface area (TPSA) is 97.4 Å². The number of ether oxygens (including phenoxy) is 1. The van der Waals surface area contributed by atoms with E-state index in [0.29, 0.717) is 18.2 Å². The van der Waals surface area contributed by atoms with Gasteiger partial charge in [-0.1, -0.05) is 37.3 Å². The van der Waals surface area contributed by atoms with Gasteiger partial charge in [0.25, 0.3) is 10.0 Å². The molecule has 0 aliphatic carbocycles. The minimum atomic E-state index is -3.97.